The molecule has 1 aromatic heterocycles. The van der Waals surface area contributed by atoms with Crippen molar-refractivity contribution in [2.75, 3.05) is 7.11 Å². The summed E-state index contributed by atoms with van der Waals surface area (Å²) in [4.78, 5) is 4.44. The quantitative estimate of drug-likeness (QED) is 0.892. The number of hydrogen-bond donors (Lipinski definition) is 1. The lowest BCUT2D eigenvalue weighted by Crippen LogP contribution is -2.34. The Morgan fingerprint density at radius 2 is 2.17 bits per heavy atom. The zero-order valence-electron chi connectivity index (χ0n) is 11.5. The standard InChI is InChI=1S/C13H23N3O2/c1-4-10(14)11-15-12(16-18-11)13(17-3)7-5-9(2)6-8-13/h9-10H,4-8,14H2,1-3H3. The number of nitrogens with zero attached hydrogens (tertiary/aromatic N) is 2. The third kappa shape index (κ3) is 2.42. The summed E-state index contributed by atoms with van der Waals surface area (Å²) in [6.45, 7) is 4.27. The van der Waals surface area contributed by atoms with Gasteiger partial charge in [-0.2, -0.15) is 4.98 Å². The minimum absolute atomic E-state index is 0.178. The van der Waals surface area contributed by atoms with Gasteiger partial charge in [0.2, 0.25) is 11.7 Å². The largest absolute Gasteiger partial charge is 0.370 e. The first-order valence-corrected chi connectivity index (χ1v) is 6.76. The van der Waals surface area contributed by atoms with Crippen LogP contribution >= 0.6 is 0 Å². The summed E-state index contributed by atoms with van der Waals surface area (Å²) < 4.78 is 11.0. The molecule has 0 bridgehead atoms. The van der Waals surface area contributed by atoms with E-state index in [9.17, 15) is 0 Å². The van der Waals surface area contributed by atoms with Gasteiger partial charge in [-0.15, -0.1) is 0 Å². The second kappa shape index (κ2) is 5.36. The van der Waals surface area contributed by atoms with Crippen LogP contribution < -0.4 is 5.73 Å². The molecule has 0 saturated heterocycles. The second-order valence-corrected chi connectivity index (χ2v) is 5.35. The number of ether oxygens (including phenoxy) is 1. The van der Waals surface area contributed by atoms with E-state index in [1.54, 1.807) is 7.11 Å². The Kier molecular flexibility index (Phi) is 4.02. The number of methoxy groups -OCH3 is 1. The van der Waals surface area contributed by atoms with Crippen LogP contribution in [0.3, 0.4) is 0 Å². The Morgan fingerprint density at radius 3 is 2.72 bits per heavy atom. The van der Waals surface area contributed by atoms with Crippen molar-refractivity contribution in [1.82, 2.24) is 10.1 Å². The zero-order valence-corrected chi connectivity index (χ0v) is 11.5. The SMILES string of the molecule is CCC(N)c1nc(C2(OC)CCC(C)CC2)no1. The first kappa shape index (κ1) is 13.5. The van der Waals surface area contributed by atoms with E-state index in [0.29, 0.717) is 11.7 Å². The third-order valence-electron chi connectivity index (χ3n) is 4.08. The van der Waals surface area contributed by atoms with Gasteiger partial charge >= 0.3 is 0 Å². The zero-order chi connectivity index (χ0) is 13.2. The van der Waals surface area contributed by atoms with Crippen molar-refractivity contribution >= 4 is 0 Å². The summed E-state index contributed by atoms with van der Waals surface area (Å²) in [5.74, 6) is 1.93. The molecule has 1 heterocycles. The van der Waals surface area contributed by atoms with E-state index in [1.165, 1.54) is 0 Å². The molecule has 18 heavy (non-hydrogen) atoms. The maximum absolute atomic E-state index is 5.91. The number of nitrogens with two attached hydrogens (primary N) is 1. The van der Waals surface area contributed by atoms with Gasteiger partial charge in [-0.3, -0.25) is 0 Å². The summed E-state index contributed by atoms with van der Waals surface area (Å²) in [5, 5.41) is 4.09. The Hall–Kier alpha value is -0.940. The molecule has 0 amide bonds. The van der Waals surface area contributed by atoms with Crippen LogP contribution in [0.25, 0.3) is 0 Å². The molecule has 1 atom stereocenters. The summed E-state index contributed by atoms with van der Waals surface area (Å²) in [5.41, 5.74) is 5.53. The molecule has 1 saturated carbocycles. The van der Waals surface area contributed by atoms with Gasteiger partial charge in [-0.1, -0.05) is 19.0 Å². The van der Waals surface area contributed by atoms with E-state index < -0.39 is 0 Å². The molecule has 2 rings (SSSR count). The van der Waals surface area contributed by atoms with E-state index in [2.05, 4.69) is 17.1 Å². The van der Waals surface area contributed by atoms with Gasteiger partial charge in [-0.25, -0.2) is 0 Å². The van der Waals surface area contributed by atoms with Gasteiger partial charge in [0, 0.05) is 7.11 Å². The highest BCUT2D eigenvalue weighted by molar-refractivity contribution is 5.05. The first-order chi connectivity index (χ1) is 8.61. The molecule has 0 spiro atoms. The lowest BCUT2D eigenvalue weighted by molar-refractivity contribution is -0.0609. The molecule has 0 aliphatic heterocycles. The molecular formula is C13H23N3O2. The first-order valence-electron chi connectivity index (χ1n) is 6.76. The lowest BCUT2D eigenvalue weighted by atomic mass is 9.79. The normalized spacial score (nSPS) is 30.3. The molecule has 1 aromatic rings. The second-order valence-electron chi connectivity index (χ2n) is 5.35. The Bertz CT molecular complexity index is 383. The van der Waals surface area contributed by atoms with Crippen LogP contribution in [0.4, 0.5) is 0 Å². The average molecular weight is 253 g/mol. The summed E-state index contributed by atoms with van der Waals surface area (Å²) >= 11 is 0. The van der Waals surface area contributed by atoms with Gasteiger partial charge in [0.1, 0.15) is 5.60 Å². The van der Waals surface area contributed by atoms with E-state index in [4.69, 9.17) is 15.0 Å². The molecule has 2 N–H and O–H groups in total. The maximum Gasteiger partial charge on any atom is 0.243 e. The van der Waals surface area contributed by atoms with Crippen LogP contribution in [0, 0.1) is 5.92 Å². The van der Waals surface area contributed by atoms with E-state index in [1.807, 2.05) is 6.92 Å². The fourth-order valence-corrected chi connectivity index (χ4v) is 2.49. The predicted molar refractivity (Wildman–Crippen MR) is 67.8 cm³/mol. The molecule has 1 aliphatic rings. The van der Waals surface area contributed by atoms with Gasteiger partial charge in [0.05, 0.1) is 6.04 Å². The molecule has 1 aliphatic carbocycles. The van der Waals surface area contributed by atoms with Gasteiger partial charge in [-0.05, 0) is 38.0 Å². The summed E-state index contributed by atoms with van der Waals surface area (Å²) in [6.07, 6.45) is 4.96. The van der Waals surface area contributed by atoms with Crippen LogP contribution in [0.5, 0.6) is 0 Å². The van der Waals surface area contributed by atoms with Crippen LogP contribution in [0.2, 0.25) is 0 Å². The molecule has 102 valence electrons. The maximum atomic E-state index is 5.91. The van der Waals surface area contributed by atoms with Crippen molar-refractivity contribution in [1.29, 1.82) is 0 Å². The highest BCUT2D eigenvalue weighted by Gasteiger charge is 2.40. The lowest BCUT2D eigenvalue weighted by Gasteiger charge is -2.35. The van der Waals surface area contributed by atoms with Crippen molar-refractivity contribution in [3.8, 4) is 0 Å². The Morgan fingerprint density at radius 1 is 1.50 bits per heavy atom. The van der Waals surface area contributed by atoms with Crippen molar-refractivity contribution in [2.24, 2.45) is 11.7 Å². The number of aromatic nitrogens is 2. The fraction of sp³-hybridized carbons (Fsp3) is 0.846. The molecule has 5 heteroatoms. The summed E-state index contributed by atoms with van der Waals surface area (Å²) in [7, 11) is 1.73. The fourth-order valence-electron chi connectivity index (χ4n) is 2.49. The summed E-state index contributed by atoms with van der Waals surface area (Å²) in [6, 6.07) is -0.178. The van der Waals surface area contributed by atoms with Gasteiger partial charge in [0.15, 0.2) is 0 Å². The minimum atomic E-state index is -0.373. The number of hydrogen-bond acceptors (Lipinski definition) is 5. The van der Waals surface area contributed by atoms with E-state index in [-0.39, 0.29) is 11.6 Å². The Balaban J connectivity index is 2.20. The molecule has 1 fully saturated rings. The monoisotopic (exact) mass is 253 g/mol. The molecule has 0 radical (unpaired) electrons. The molecule has 1 unspecified atom stereocenters. The van der Waals surface area contributed by atoms with Crippen LogP contribution in [-0.2, 0) is 10.3 Å². The van der Waals surface area contributed by atoms with E-state index in [0.717, 1.165) is 38.0 Å². The van der Waals surface area contributed by atoms with Crippen molar-refractivity contribution in [2.45, 2.75) is 57.6 Å². The van der Waals surface area contributed by atoms with Gasteiger partial charge in [0.25, 0.3) is 0 Å². The van der Waals surface area contributed by atoms with Crippen molar-refractivity contribution < 1.29 is 9.26 Å². The predicted octanol–water partition coefficient (Wildman–Crippen LogP) is 2.53. The molecule has 5 nitrogen and oxygen atoms in total. The minimum Gasteiger partial charge on any atom is -0.370 e. The molecular weight excluding hydrogens is 230 g/mol. The van der Waals surface area contributed by atoms with Crippen LogP contribution in [-0.4, -0.2) is 17.3 Å². The van der Waals surface area contributed by atoms with Gasteiger partial charge < -0.3 is 15.0 Å². The highest BCUT2D eigenvalue weighted by Crippen LogP contribution is 2.40. The topological polar surface area (TPSA) is 74.2 Å². The van der Waals surface area contributed by atoms with Crippen molar-refractivity contribution in [3.05, 3.63) is 11.7 Å². The Labute approximate surface area is 108 Å². The van der Waals surface area contributed by atoms with E-state index >= 15 is 0 Å². The van der Waals surface area contributed by atoms with Crippen LogP contribution in [0.1, 0.15) is 63.7 Å². The average Bonchev–Trinajstić information content (AvgIpc) is 2.89. The van der Waals surface area contributed by atoms with Crippen molar-refractivity contribution in [3.63, 3.8) is 0 Å². The van der Waals surface area contributed by atoms with Crippen LogP contribution in [0.15, 0.2) is 4.52 Å². The highest BCUT2D eigenvalue weighted by atomic mass is 16.5. The number of rotatable bonds is 4. The smallest absolute Gasteiger partial charge is 0.243 e. The third-order valence-corrected chi connectivity index (χ3v) is 4.08. The molecule has 0 aromatic carbocycles.